The molecule has 7 heteroatoms. The summed E-state index contributed by atoms with van der Waals surface area (Å²) in [5, 5.41) is 7.00. The Morgan fingerprint density at radius 2 is 2.30 bits per heavy atom. The number of aryl methyl sites for hydroxylation is 3. The Kier molecular flexibility index (Phi) is 5.07. The SMILES string of the molecule is Cc1cc(CC2COCC2NC(=O)CCc2scnc2C)on1. The van der Waals surface area contributed by atoms with Gasteiger partial charge in [-0.15, -0.1) is 11.3 Å². The van der Waals surface area contributed by atoms with Gasteiger partial charge in [0.1, 0.15) is 5.76 Å². The Labute approximate surface area is 139 Å². The minimum Gasteiger partial charge on any atom is -0.379 e. The van der Waals surface area contributed by atoms with E-state index in [-0.39, 0.29) is 17.9 Å². The van der Waals surface area contributed by atoms with Crippen molar-refractivity contribution in [3.8, 4) is 0 Å². The highest BCUT2D eigenvalue weighted by molar-refractivity contribution is 7.09. The van der Waals surface area contributed by atoms with Gasteiger partial charge in [0.05, 0.1) is 36.2 Å². The highest BCUT2D eigenvalue weighted by Gasteiger charge is 2.30. The van der Waals surface area contributed by atoms with Crippen molar-refractivity contribution in [1.82, 2.24) is 15.5 Å². The molecule has 1 aliphatic rings. The fourth-order valence-electron chi connectivity index (χ4n) is 2.80. The van der Waals surface area contributed by atoms with Crippen LogP contribution in [0, 0.1) is 19.8 Å². The number of carbonyl (C=O) groups is 1. The van der Waals surface area contributed by atoms with E-state index in [0.29, 0.717) is 19.6 Å². The van der Waals surface area contributed by atoms with E-state index in [4.69, 9.17) is 9.26 Å². The Morgan fingerprint density at radius 1 is 1.43 bits per heavy atom. The quantitative estimate of drug-likeness (QED) is 0.874. The van der Waals surface area contributed by atoms with Gasteiger partial charge in [0.15, 0.2) is 0 Å². The first-order valence-electron chi connectivity index (χ1n) is 7.80. The molecule has 1 fully saturated rings. The van der Waals surface area contributed by atoms with Crippen LogP contribution in [0.5, 0.6) is 0 Å². The van der Waals surface area contributed by atoms with Crippen molar-refractivity contribution in [2.24, 2.45) is 5.92 Å². The van der Waals surface area contributed by atoms with Gasteiger partial charge in [-0.1, -0.05) is 5.16 Å². The van der Waals surface area contributed by atoms with Gasteiger partial charge in [-0.05, 0) is 20.3 Å². The minimum atomic E-state index is 0.0375. The zero-order chi connectivity index (χ0) is 16.2. The van der Waals surface area contributed by atoms with Crippen molar-refractivity contribution in [2.45, 2.75) is 39.2 Å². The first-order chi connectivity index (χ1) is 11.1. The van der Waals surface area contributed by atoms with Crippen molar-refractivity contribution in [1.29, 1.82) is 0 Å². The summed E-state index contributed by atoms with van der Waals surface area (Å²) < 4.78 is 10.8. The molecule has 0 saturated carbocycles. The molecular weight excluding hydrogens is 314 g/mol. The number of nitrogens with zero attached hydrogens (tertiary/aromatic N) is 2. The Balaban J connectivity index is 1.49. The summed E-state index contributed by atoms with van der Waals surface area (Å²) in [5.41, 5.74) is 3.72. The maximum absolute atomic E-state index is 12.2. The smallest absolute Gasteiger partial charge is 0.220 e. The van der Waals surface area contributed by atoms with Gasteiger partial charge in [0.25, 0.3) is 0 Å². The fraction of sp³-hybridized carbons (Fsp3) is 0.562. The molecule has 0 spiro atoms. The molecule has 2 atom stereocenters. The number of aromatic nitrogens is 2. The van der Waals surface area contributed by atoms with E-state index < -0.39 is 0 Å². The molecule has 1 saturated heterocycles. The number of rotatable bonds is 6. The number of nitrogens with one attached hydrogen (secondary N) is 1. The number of ether oxygens (including phenoxy) is 1. The predicted octanol–water partition coefficient (Wildman–Crippen LogP) is 2.05. The highest BCUT2D eigenvalue weighted by atomic mass is 32.1. The van der Waals surface area contributed by atoms with E-state index in [9.17, 15) is 4.79 Å². The summed E-state index contributed by atoms with van der Waals surface area (Å²) in [5.74, 6) is 1.14. The Hall–Kier alpha value is -1.73. The van der Waals surface area contributed by atoms with Gasteiger partial charge in [-0.2, -0.15) is 0 Å². The molecule has 0 radical (unpaired) electrons. The first-order valence-corrected chi connectivity index (χ1v) is 8.68. The minimum absolute atomic E-state index is 0.0375. The van der Waals surface area contributed by atoms with Crippen LogP contribution in [-0.2, 0) is 22.4 Å². The first kappa shape index (κ1) is 16.1. The number of thiazole rings is 1. The van der Waals surface area contributed by atoms with E-state index in [1.54, 1.807) is 11.3 Å². The lowest BCUT2D eigenvalue weighted by atomic mass is 9.98. The van der Waals surface area contributed by atoms with Gasteiger partial charge in [0, 0.05) is 29.7 Å². The third-order valence-corrected chi connectivity index (χ3v) is 5.10. The summed E-state index contributed by atoms with van der Waals surface area (Å²) >= 11 is 1.60. The molecule has 2 unspecified atom stereocenters. The summed E-state index contributed by atoms with van der Waals surface area (Å²) in [6.45, 7) is 5.07. The van der Waals surface area contributed by atoms with E-state index in [0.717, 1.165) is 30.0 Å². The third kappa shape index (κ3) is 4.17. The molecule has 23 heavy (non-hydrogen) atoms. The molecule has 0 bridgehead atoms. The van der Waals surface area contributed by atoms with Crippen molar-refractivity contribution >= 4 is 17.2 Å². The van der Waals surface area contributed by atoms with Crippen LogP contribution >= 0.6 is 11.3 Å². The van der Waals surface area contributed by atoms with Gasteiger partial charge < -0.3 is 14.6 Å². The van der Waals surface area contributed by atoms with Crippen LogP contribution in [0.3, 0.4) is 0 Å². The zero-order valence-electron chi connectivity index (χ0n) is 13.4. The third-order valence-electron chi connectivity index (χ3n) is 4.11. The van der Waals surface area contributed by atoms with Crippen LogP contribution in [0.4, 0.5) is 0 Å². The largest absolute Gasteiger partial charge is 0.379 e. The van der Waals surface area contributed by atoms with Crippen LogP contribution in [0.1, 0.15) is 28.4 Å². The summed E-state index contributed by atoms with van der Waals surface area (Å²) in [6, 6.07) is 1.97. The summed E-state index contributed by atoms with van der Waals surface area (Å²) in [6.07, 6.45) is 1.95. The zero-order valence-corrected chi connectivity index (χ0v) is 14.2. The topological polar surface area (TPSA) is 77.2 Å². The molecule has 3 rings (SSSR count). The van der Waals surface area contributed by atoms with E-state index in [1.165, 1.54) is 4.88 Å². The van der Waals surface area contributed by atoms with Gasteiger partial charge in [-0.25, -0.2) is 4.98 Å². The van der Waals surface area contributed by atoms with Crippen molar-refractivity contribution in [3.63, 3.8) is 0 Å². The van der Waals surface area contributed by atoms with Crippen molar-refractivity contribution < 1.29 is 14.1 Å². The van der Waals surface area contributed by atoms with Crippen LogP contribution < -0.4 is 5.32 Å². The molecular formula is C16H21N3O3S. The Morgan fingerprint density at radius 3 is 3.00 bits per heavy atom. The molecule has 1 aliphatic heterocycles. The predicted molar refractivity (Wildman–Crippen MR) is 86.4 cm³/mol. The van der Waals surface area contributed by atoms with E-state index in [2.05, 4.69) is 15.5 Å². The second-order valence-electron chi connectivity index (χ2n) is 5.97. The molecule has 0 aliphatic carbocycles. The van der Waals surface area contributed by atoms with Crippen LogP contribution in [0.15, 0.2) is 16.1 Å². The lowest BCUT2D eigenvalue weighted by molar-refractivity contribution is -0.122. The van der Waals surface area contributed by atoms with Gasteiger partial charge in [-0.3, -0.25) is 4.79 Å². The standard InChI is InChI=1S/C16H21N3O3S/c1-10-5-13(22-19-10)6-12-7-21-8-14(12)18-16(20)4-3-15-11(2)17-9-23-15/h5,9,12,14H,3-4,6-8H2,1-2H3,(H,18,20). The molecule has 1 amide bonds. The molecule has 6 nitrogen and oxygen atoms in total. The second-order valence-corrected chi connectivity index (χ2v) is 6.91. The summed E-state index contributed by atoms with van der Waals surface area (Å²) in [4.78, 5) is 17.6. The van der Waals surface area contributed by atoms with Gasteiger partial charge in [0.2, 0.25) is 5.91 Å². The van der Waals surface area contributed by atoms with E-state index in [1.807, 2.05) is 25.4 Å². The second kappa shape index (κ2) is 7.23. The molecule has 3 heterocycles. The van der Waals surface area contributed by atoms with E-state index >= 15 is 0 Å². The number of amides is 1. The maximum Gasteiger partial charge on any atom is 0.220 e. The molecule has 1 N–H and O–H groups in total. The molecule has 0 aromatic carbocycles. The maximum atomic E-state index is 12.2. The van der Waals surface area contributed by atoms with Crippen LogP contribution in [-0.4, -0.2) is 35.3 Å². The number of hydrogen-bond donors (Lipinski definition) is 1. The van der Waals surface area contributed by atoms with Crippen LogP contribution in [0.25, 0.3) is 0 Å². The lowest BCUT2D eigenvalue weighted by Crippen LogP contribution is -2.40. The normalized spacial score (nSPS) is 20.8. The monoisotopic (exact) mass is 335 g/mol. The highest BCUT2D eigenvalue weighted by Crippen LogP contribution is 2.20. The molecule has 124 valence electrons. The average molecular weight is 335 g/mol. The lowest BCUT2D eigenvalue weighted by Gasteiger charge is -2.18. The average Bonchev–Trinajstić information content (AvgIpc) is 3.22. The summed E-state index contributed by atoms with van der Waals surface area (Å²) in [7, 11) is 0. The fourth-order valence-corrected chi connectivity index (χ4v) is 3.58. The molecule has 2 aromatic heterocycles. The number of carbonyl (C=O) groups excluding carboxylic acids is 1. The van der Waals surface area contributed by atoms with Crippen LogP contribution in [0.2, 0.25) is 0 Å². The number of hydrogen-bond acceptors (Lipinski definition) is 6. The van der Waals surface area contributed by atoms with Crippen molar-refractivity contribution in [3.05, 3.63) is 33.6 Å². The van der Waals surface area contributed by atoms with Gasteiger partial charge >= 0.3 is 0 Å². The van der Waals surface area contributed by atoms with Crippen molar-refractivity contribution in [2.75, 3.05) is 13.2 Å². The Bertz CT molecular complexity index is 667. The molecule has 2 aromatic rings.